The van der Waals surface area contributed by atoms with Crippen LogP contribution in [0.2, 0.25) is 0 Å². The number of likely N-dealkylation sites (tertiary alicyclic amines) is 1. The minimum atomic E-state index is -5.40. The number of amides is 3. The number of carbonyl (C=O) groups excluding carboxylic acids is 3. The molecule has 11 nitrogen and oxygen atoms in total. The van der Waals surface area contributed by atoms with E-state index in [0.717, 1.165) is 25.0 Å². The summed E-state index contributed by atoms with van der Waals surface area (Å²) in [4.78, 5) is 65.5. The number of alkyl halides is 3. The van der Waals surface area contributed by atoms with Crippen molar-refractivity contribution < 1.29 is 115 Å². The molecule has 1 aliphatic carbocycles. The summed E-state index contributed by atoms with van der Waals surface area (Å²) in [5.74, 6) is -3.04. The van der Waals surface area contributed by atoms with Gasteiger partial charge in [0.1, 0.15) is 5.82 Å². The quantitative estimate of drug-likeness (QED) is 0.142. The Labute approximate surface area is 348 Å². The molecular formula is C35H36F4N3Na2O8P. The molecule has 5 rings (SSSR count). The predicted molar refractivity (Wildman–Crippen MR) is 174 cm³/mol. The number of anilines is 2. The number of ether oxygens (including phenoxy) is 1. The Morgan fingerprint density at radius 3 is 2.21 bits per heavy atom. The van der Waals surface area contributed by atoms with E-state index < -0.39 is 62.0 Å². The molecule has 0 spiro atoms. The zero-order valence-corrected chi connectivity index (χ0v) is 34.7. The van der Waals surface area contributed by atoms with E-state index >= 15 is 4.39 Å². The number of nitrogens with zero attached hydrogens (tertiary/aromatic N) is 2. The molecule has 2 atom stereocenters. The number of rotatable bonds is 9. The van der Waals surface area contributed by atoms with Crippen molar-refractivity contribution in [2.24, 2.45) is 5.92 Å². The van der Waals surface area contributed by atoms with Crippen molar-refractivity contribution in [2.75, 3.05) is 23.6 Å². The zero-order chi connectivity index (χ0) is 37.1. The molecule has 1 aliphatic heterocycles. The Morgan fingerprint density at radius 1 is 0.943 bits per heavy atom. The predicted octanol–water partition coefficient (Wildman–Crippen LogP) is 0.390. The van der Waals surface area contributed by atoms with Gasteiger partial charge in [-0.2, -0.15) is 13.2 Å². The summed E-state index contributed by atoms with van der Waals surface area (Å²) in [5.41, 5.74) is -0.0430. The molecule has 0 bridgehead atoms. The van der Waals surface area contributed by atoms with Gasteiger partial charge in [0.25, 0.3) is 5.91 Å². The van der Waals surface area contributed by atoms with Crippen LogP contribution < -0.4 is 79.1 Å². The van der Waals surface area contributed by atoms with Crippen molar-refractivity contribution in [3.05, 3.63) is 94.3 Å². The maximum atomic E-state index is 15.1. The van der Waals surface area contributed by atoms with E-state index in [2.05, 4.69) is 9.84 Å². The minimum Gasteiger partial charge on any atom is -0.790 e. The zero-order valence-electron chi connectivity index (χ0n) is 29.8. The van der Waals surface area contributed by atoms with Crippen LogP contribution in [0.1, 0.15) is 77.2 Å². The third kappa shape index (κ3) is 11.2. The number of carbonyl (C=O) groups is 3. The summed E-state index contributed by atoms with van der Waals surface area (Å²) in [6.45, 7) is 1.93. The van der Waals surface area contributed by atoms with Crippen molar-refractivity contribution >= 4 is 37.1 Å². The summed E-state index contributed by atoms with van der Waals surface area (Å²) in [6.07, 6.45) is -2.15. The van der Waals surface area contributed by atoms with Crippen LogP contribution in [0.3, 0.4) is 0 Å². The molecule has 1 N–H and O–H groups in total. The number of hydrogen-bond acceptors (Lipinski definition) is 8. The molecule has 2 fully saturated rings. The molecular weight excluding hydrogens is 743 g/mol. The maximum Gasteiger partial charge on any atom is 1.00 e. The Bertz CT molecular complexity index is 1800. The first kappa shape index (κ1) is 45.1. The normalized spacial score (nSPS) is 17.7. The molecule has 3 aromatic carbocycles. The fourth-order valence-corrected chi connectivity index (χ4v) is 7.05. The van der Waals surface area contributed by atoms with Gasteiger partial charge in [0, 0.05) is 24.0 Å². The van der Waals surface area contributed by atoms with Gasteiger partial charge in [-0.15, -0.1) is 0 Å². The standard InChI is InChI=1S/C35H38F4N3O8P.2Na/c1-21-12-15-24(19-28(21)35(37,38)39)40-32(43)27-10-6-18-41(33(44)30-22(2)7-5-11-29(30)36)31(27)23-13-16-26(17-14-23)42(25-8-3-4-9-25)34(45)49-20-50-51(46,47)48;;/h5,7,11-17,19,25,27,31H,3-4,6,8-10,18,20H2,1-2H3,(H,40,43)(H2,46,47,48);;/q;2*+1/p-2/t27-,31-;;/m0../s1. The largest absolute Gasteiger partial charge is 1.00 e. The topological polar surface area (TPSA) is 151 Å². The van der Waals surface area contributed by atoms with Crippen LogP contribution >= 0.6 is 7.82 Å². The summed E-state index contributed by atoms with van der Waals surface area (Å²) in [6, 6.07) is 12.6. The number of hydrogen-bond donors (Lipinski definition) is 1. The second-order valence-corrected chi connectivity index (χ2v) is 13.8. The molecule has 3 amide bonds. The first-order valence-corrected chi connectivity index (χ1v) is 17.8. The maximum absolute atomic E-state index is 15.1. The molecule has 1 saturated carbocycles. The van der Waals surface area contributed by atoms with Crippen LogP contribution in [0, 0.1) is 25.6 Å². The summed E-state index contributed by atoms with van der Waals surface area (Å²) >= 11 is 0. The third-order valence-corrected chi connectivity index (χ3v) is 9.69. The van der Waals surface area contributed by atoms with Gasteiger partial charge in [0.05, 0.1) is 30.9 Å². The Morgan fingerprint density at radius 2 is 1.60 bits per heavy atom. The van der Waals surface area contributed by atoms with Crippen molar-refractivity contribution in [3.8, 4) is 0 Å². The average Bonchev–Trinajstić information content (AvgIpc) is 3.59. The Balaban J connectivity index is 0.00000378. The van der Waals surface area contributed by atoms with E-state index in [1.807, 2.05) is 0 Å². The molecule has 18 heteroatoms. The summed E-state index contributed by atoms with van der Waals surface area (Å²) < 4.78 is 75.9. The molecule has 2 aliphatic rings. The average molecular weight is 780 g/mol. The number of piperidine rings is 1. The monoisotopic (exact) mass is 779 g/mol. The van der Waals surface area contributed by atoms with E-state index in [1.54, 1.807) is 37.3 Å². The molecule has 0 unspecified atom stereocenters. The molecule has 1 heterocycles. The minimum absolute atomic E-state index is 0. The SMILES string of the molecule is Cc1ccc(NC(=O)[C@H]2CCCN(C(=O)c3c(C)cccc3F)[C@H]2c2ccc(N(C(=O)OCOP(=O)([O-])[O-])C3CCCC3)cc2)cc1C(F)(F)F.[Na+].[Na+]. The molecule has 274 valence electrons. The second-order valence-electron chi connectivity index (χ2n) is 12.6. The number of phosphoric ester groups is 1. The van der Waals surface area contributed by atoms with Crippen LogP contribution in [0.25, 0.3) is 0 Å². The number of nitrogens with one attached hydrogen (secondary N) is 1. The fourth-order valence-electron chi connectivity index (χ4n) is 6.87. The van der Waals surface area contributed by atoms with Crippen molar-refractivity contribution in [3.63, 3.8) is 0 Å². The fraction of sp³-hybridized carbons (Fsp3) is 0.400. The number of aryl methyl sites for hydroxylation is 2. The van der Waals surface area contributed by atoms with Crippen molar-refractivity contribution in [2.45, 2.75) is 70.6 Å². The van der Waals surface area contributed by atoms with Gasteiger partial charge in [-0.25, -0.2) is 9.18 Å². The van der Waals surface area contributed by atoms with Crippen LogP contribution in [0.4, 0.5) is 33.7 Å². The van der Waals surface area contributed by atoms with E-state index in [0.29, 0.717) is 36.1 Å². The first-order chi connectivity index (χ1) is 24.0. The van der Waals surface area contributed by atoms with Crippen LogP contribution in [-0.2, 0) is 24.8 Å². The van der Waals surface area contributed by atoms with Gasteiger partial charge in [0.15, 0.2) is 6.79 Å². The molecule has 53 heavy (non-hydrogen) atoms. The van der Waals surface area contributed by atoms with E-state index in [-0.39, 0.29) is 94.9 Å². The smallest absolute Gasteiger partial charge is 0.790 e. The second kappa shape index (κ2) is 19.0. The van der Waals surface area contributed by atoms with Crippen LogP contribution in [-0.4, -0.2) is 42.2 Å². The Hall–Kier alpha value is -2.30. The first-order valence-electron chi connectivity index (χ1n) is 16.3. The van der Waals surface area contributed by atoms with E-state index in [4.69, 9.17) is 4.74 Å². The van der Waals surface area contributed by atoms with Gasteiger partial charge in [-0.05, 0) is 86.6 Å². The number of halogens is 4. The van der Waals surface area contributed by atoms with Gasteiger partial charge in [-0.1, -0.05) is 43.2 Å². The van der Waals surface area contributed by atoms with E-state index in [1.165, 1.54) is 34.9 Å². The van der Waals surface area contributed by atoms with Crippen LogP contribution in [0.15, 0.2) is 60.7 Å². The summed E-state index contributed by atoms with van der Waals surface area (Å²) in [7, 11) is -5.40. The molecule has 3 aromatic rings. The van der Waals surface area contributed by atoms with Crippen molar-refractivity contribution in [1.29, 1.82) is 0 Å². The molecule has 0 aromatic heterocycles. The third-order valence-electron chi connectivity index (χ3n) is 9.27. The van der Waals surface area contributed by atoms with E-state index in [9.17, 15) is 41.9 Å². The number of benzene rings is 3. The molecule has 0 radical (unpaired) electrons. The van der Waals surface area contributed by atoms with Crippen molar-refractivity contribution in [1.82, 2.24) is 4.90 Å². The van der Waals surface area contributed by atoms with Gasteiger partial charge >= 0.3 is 71.4 Å². The van der Waals surface area contributed by atoms with Gasteiger partial charge < -0.3 is 33.8 Å². The van der Waals surface area contributed by atoms with Gasteiger partial charge in [-0.3, -0.25) is 14.5 Å². The molecule has 1 saturated heterocycles. The van der Waals surface area contributed by atoms with Crippen LogP contribution in [0.5, 0.6) is 0 Å². The van der Waals surface area contributed by atoms with Gasteiger partial charge in [0.2, 0.25) is 5.91 Å². The summed E-state index contributed by atoms with van der Waals surface area (Å²) in [5, 5.41) is 2.59. The number of phosphoric acid groups is 1. The Kier molecular flexibility index (Phi) is 16.2.